The van der Waals surface area contributed by atoms with Gasteiger partial charge in [0.25, 0.3) is 0 Å². The number of ether oxygens (including phenoxy) is 2. The molecule has 0 aromatic heterocycles. The van der Waals surface area contributed by atoms with Gasteiger partial charge in [-0.2, -0.15) is 5.10 Å². The van der Waals surface area contributed by atoms with Gasteiger partial charge in [-0.1, -0.05) is 18.2 Å². The van der Waals surface area contributed by atoms with Gasteiger partial charge in [-0.25, -0.2) is 0 Å². The van der Waals surface area contributed by atoms with Crippen molar-refractivity contribution in [1.29, 1.82) is 0 Å². The van der Waals surface area contributed by atoms with Crippen LogP contribution in [0, 0.1) is 0 Å². The number of piperidine rings is 2. The smallest absolute Gasteiger partial charge is 0.161 e. The molecule has 0 saturated carbocycles. The number of benzene rings is 1. The molecule has 6 nitrogen and oxygen atoms in total. The van der Waals surface area contributed by atoms with Gasteiger partial charge in [0, 0.05) is 31.7 Å². The van der Waals surface area contributed by atoms with Gasteiger partial charge in [-0.3, -0.25) is 9.91 Å². The van der Waals surface area contributed by atoms with Crippen LogP contribution < -0.4 is 9.47 Å². The molecule has 1 atom stereocenters. The first-order chi connectivity index (χ1) is 13.7. The van der Waals surface area contributed by atoms with Crippen LogP contribution in [0.2, 0.25) is 0 Å². The average Bonchev–Trinajstić information content (AvgIpc) is 3.15. The summed E-state index contributed by atoms with van der Waals surface area (Å²) in [7, 11) is 5.42. The molecular weight excluding hydrogens is 372 g/mol. The van der Waals surface area contributed by atoms with Crippen molar-refractivity contribution in [3.8, 4) is 11.5 Å². The van der Waals surface area contributed by atoms with Gasteiger partial charge in [-0.15, -0.1) is 0 Å². The summed E-state index contributed by atoms with van der Waals surface area (Å²) >= 11 is 1.84. The first-order valence-electron chi connectivity index (χ1n) is 10.4. The fraction of sp³-hybridized carbons (Fsp3) is 0.667. The lowest BCUT2D eigenvalue weighted by atomic mass is 10.0. The van der Waals surface area contributed by atoms with Gasteiger partial charge in [0.15, 0.2) is 17.0 Å². The van der Waals surface area contributed by atoms with E-state index in [0.29, 0.717) is 0 Å². The number of hydrogen-bond acceptors (Lipinski definition) is 7. The highest BCUT2D eigenvalue weighted by Crippen LogP contribution is 2.36. The molecule has 0 bridgehead atoms. The van der Waals surface area contributed by atoms with Crippen LogP contribution in [0.15, 0.2) is 23.3 Å². The summed E-state index contributed by atoms with van der Waals surface area (Å²) in [5.41, 5.74) is 1.37. The predicted octanol–water partition coefficient (Wildman–Crippen LogP) is 3.28. The van der Waals surface area contributed by atoms with E-state index < -0.39 is 0 Å². The normalized spacial score (nSPS) is 25.0. The fourth-order valence-electron chi connectivity index (χ4n) is 4.55. The Morgan fingerprint density at radius 1 is 0.929 bits per heavy atom. The summed E-state index contributed by atoms with van der Waals surface area (Å²) < 4.78 is 10.8. The Hall–Kier alpha value is -1.44. The molecule has 3 aliphatic heterocycles. The molecule has 0 radical (unpaired) electrons. The number of hydrogen-bond donors (Lipinski definition) is 0. The highest BCUT2D eigenvalue weighted by Gasteiger charge is 2.35. The summed E-state index contributed by atoms with van der Waals surface area (Å²) in [6.45, 7) is 4.90. The Balaban J connectivity index is 1.37. The van der Waals surface area contributed by atoms with Gasteiger partial charge in [0.05, 0.1) is 14.2 Å². The van der Waals surface area contributed by atoms with Crippen molar-refractivity contribution in [2.75, 3.05) is 47.4 Å². The number of hydrazone groups is 1. The highest BCUT2D eigenvalue weighted by atomic mass is 32.2. The average molecular weight is 405 g/mol. The molecule has 154 valence electrons. The van der Waals surface area contributed by atoms with Crippen molar-refractivity contribution in [3.05, 3.63) is 23.8 Å². The van der Waals surface area contributed by atoms with E-state index in [1.165, 1.54) is 45.2 Å². The lowest BCUT2D eigenvalue weighted by molar-refractivity contribution is 0.0566. The lowest BCUT2D eigenvalue weighted by Crippen LogP contribution is -2.50. The Kier molecular flexibility index (Phi) is 6.33. The van der Waals surface area contributed by atoms with E-state index in [4.69, 9.17) is 14.6 Å². The Labute approximate surface area is 172 Å². The van der Waals surface area contributed by atoms with E-state index in [-0.39, 0.29) is 5.50 Å². The Morgan fingerprint density at radius 3 is 2.32 bits per heavy atom. The quantitative estimate of drug-likeness (QED) is 0.750. The third-order valence-electron chi connectivity index (χ3n) is 6.13. The minimum absolute atomic E-state index is 0.283. The molecule has 4 rings (SSSR count). The maximum atomic E-state index is 5.46. The van der Waals surface area contributed by atoms with Crippen LogP contribution in [0.4, 0.5) is 0 Å². The topological polar surface area (TPSA) is 40.5 Å². The minimum atomic E-state index is 0.283. The number of likely N-dealkylation sites (tertiary alicyclic amines) is 2. The van der Waals surface area contributed by atoms with E-state index in [0.717, 1.165) is 41.2 Å². The molecule has 1 unspecified atom stereocenters. The SMILES string of the molecule is COc1ccc(C2=NN(C)C(N3CCC(N4CCCCC4)CC3)S2)cc1OC. The molecule has 2 saturated heterocycles. The van der Waals surface area contributed by atoms with Crippen molar-refractivity contribution in [2.24, 2.45) is 5.10 Å². The lowest BCUT2D eigenvalue weighted by Gasteiger charge is -2.42. The third kappa shape index (κ3) is 4.11. The zero-order chi connectivity index (χ0) is 19.5. The van der Waals surface area contributed by atoms with Crippen molar-refractivity contribution >= 4 is 16.8 Å². The Morgan fingerprint density at radius 2 is 1.64 bits per heavy atom. The van der Waals surface area contributed by atoms with Gasteiger partial charge in [0.1, 0.15) is 5.04 Å². The zero-order valence-corrected chi connectivity index (χ0v) is 18.1. The molecule has 3 aliphatic rings. The third-order valence-corrected chi connectivity index (χ3v) is 7.49. The first kappa shape index (κ1) is 19.9. The van der Waals surface area contributed by atoms with Crippen molar-refractivity contribution in [1.82, 2.24) is 14.8 Å². The van der Waals surface area contributed by atoms with Gasteiger partial charge < -0.3 is 14.4 Å². The van der Waals surface area contributed by atoms with Crippen molar-refractivity contribution in [2.45, 2.75) is 43.6 Å². The molecule has 1 aromatic rings. The summed E-state index contributed by atoms with van der Waals surface area (Å²) in [5, 5.41) is 7.98. The second-order valence-corrected chi connectivity index (χ2v) is 8.90. The molecule has 0 N–H and O–H groups in total. The van der Waals surface area contributed by atoms with Crippen LogP contribution in [0.1, 0.15) is 37.7 Å². The Bertz CT molecular complexity index is 700. The van der Waals surface area contributed by atoms with E-state index in [2.05, 4.69) is 27.9 Å². The van der Waals surface area contributed by atoms with E-state index in [1.54, 1.807) is 14.2 Å². The van der Waals surface area contributed by atoms with Crippen molar-refractivity contribution in [3.63, 3.8) is 0 Å². The molecule has 28 heavy (non-hydrogen) atoms. The highest BCUT2D eigenvalue weighted by molar-refractivity contribution is 8.15. The molecule has 0 aliphatic carbocycles. The maximum Gasteiger partial charge on any atom is 0.161 e. The second kappa shape index (κ2) is 8.93. The molecule has 0 amide bonds. The largest absolute Gasteiger partial charge is 0.493 e. The molecule has 7 heteroatoms. The van der Waals surface area contributed by atoms with Crippen LogP contribution in [-0.4, -0.2) is 78.8 Å². The van der Waals surface area contributed by atoms with Crippen LogP contribution in [0.3, 0.4) is 0 Å². The summed E-state index contributed by atoms with van der Waals surface area (Å²) in [4.78, 5) is 5.32. The van der Waals surface area contributed by atoms with Gasteiger partial charge in [-0.05, 0) is 57.0 Å². The van der Waals surface area contributed by atoms with Crippen molar-refractivity contribution < 1.29 is 9.47 Å². The van der Waals surface area contributed by atoms with Crippen LogP contribution in [0.5, 0.6) is 11.5 Å². The summed E-state index contributed by atoms with van der Waals surface area (Å²) in [6.07, 6.45) is 6.72. The number of nitrogens with zero attached hydrogens (tertiary/aromatic N) is 4. The predicted molar refractivity (Wildman–Crippen MR) is 115 cm³/mol. The summed E-state index contributed by atoms with van der Waals surface area (Å²) in [6, 6.07) is 6.81. The number of methoxy groups -OCH3 is 2. The first-order valence-corrected chi connectivity index (χ1v) is 11.3. The molecule has 0 spiro atoms. The van der Waals surface area contributed by atoms with Gasteiger partial charge >= 0.3 is 0 Å². The van der Waals surface area contributed by atoms with E-state index in [9.17, 15) is 0 Å². The zero-order valence-electron chi connectivity index (χ0n) is 17.3. The van der Waals surface area contributed by atoms with Crippen LogP contribution in [-0.2, 0) is 0 Å². The monoisotopic (exact) mass is 404 g/mol. The van der Waals surface area contributed by atoms with E-state index >= 15 is 0 Å². The molecule has 1 aromatic carbocycles. The maximum absolute atomic E-state index is 5.46. The minimum Gasteiger partial charge on any atom is -0.493 e. The molecule has 2 fully saturated rings. The van der Waals surface area contributed by atoms with Crippen LogP contribution in [0.25, 0.3) is 0 Å². The molecule has 3 heterocycles. The second-order valence-electron chi connectivity index (χ2n) is 7.86. The standard InChI is InChI=1S/C21H32N4O2S/c1-23-21(25-13-9-17(10-14-25)24-11-5-4-6-12-24)28-20(22-23)16-7-8-18(26-2)19(15-16)27-3/h7-8,15,17,21H,4-6,9-14H2,1-3H3. The fourth-order valence-corrected chi connectivity index (χ4v) is 5.75. The summed E-state index contributed by atoms with van der Waals surface area (Å²) in [5.74, 6) is 1.50. The molecular formula is C21H32N4O2S. The number of rotatable bonds is 5. The van der Waals surface area contributed by atoms with Crippen LogP contribution >= 0.6 is 11.8 Å². The van der Waals surface area contributed by atoms with E-state index in [1.807, 2.05) is 23.9 Å². The van der Waals surface area contributed by atoms with Gasteiger partial charge in [0.2, 0.25) is 0 Å². The number of thioether (sulfide) groups is 1.